The van der Waals surface area contributed by atoms with Crippen LogP contribution in [0.3, 0.4) is 0 Å². The molecule has 1 unspecified atom stereocenters. The van der Waals surface area contributed by atoms with E-state index in [4.69, 9.17) is 10.3 Å². The van der Waals surface area contributed by atoms with Crippen molar-refractivity contribution in [3.63, 3.8) is 0 Å². The summed E-state index contributed by atoms with van der Waals surface area (Å²) in [4.78, 5) is 17.5. The molecule has 1 aliphatic carbocycles. The first-order chi connectivity index (χ1) is 11.8. The summed E-state index contributed by atoms with van der Waals surface area (Å²) in [5.41, 5.74) is 5.86. The highest BCUT2D eigenvalue weighted by atomic mass is 35.5. The Bertz CT molecular complexity index is 641. The molecule has 3 rings (SSSR count). The van der Waals surface area contributed by atoms with Gasteiger partial charge in [-0.15, -0.1) is 23.7 Å². The summed E-state index contributed by atoms with van der Waals surface area (Å²) in [6, 6.07) is 3.98. The first kappa shape index (κ1) is 19.9. The maximum Gasteiger partial charge on any atom is 0.227 e. The van der Waals surface area contributed by atoms with Crippen molar-refractivity contribution in [3.05, 3.63) is 23.4 Å². The number of rotatable bonds is 7. The fourth-order valence-corrected chi connectivity index (χ4v) is 3.92. The van der Waals surface area contributed by atoms with Crippen molar-refractivity contribution in [3.8, 4) is 10.7 Å². The van der Waals surface area contributed by atoms with Crippen LogP contribution in [0.2, 0.25) is 0 Å². The van der Waals surface area contributed by atoms with E-state index in [2.05, 4.69) is 15.5 Å². The maximum atomic E-state index is 12.2. The number of aromatic nitrogens is 2. The van der Waals surface area contributed by atoms with E-state index in [0.717, 1.165) is 17.7 Å². The van der Waals surface area contributed by atoms with Crippen LogP contribution in [-0.2, 0) is 11.2 Å². The minimum Gasteiger partial charge on any atom is -0.352 e. The van der Waals surface area contributed by atoms with Gasteiger partial charge in [0.15, 0.2) is 0 Å². The first-order valence-electron chi connectivity index (χ1n) is 8.62. The van der Waals surface area contributed by atoms with Gasteiger partial charge >= 0.3 is 0 Å². The Balaban J connectivity index is 0.00000225. The predicted octanol–water partition coefficient (Wildman–Crippen LogP) is 3.18. The van der Waals surface area contributed by atoms with Crippen molar-refractivity contribution in [2.45, 2.75) is 51.0 Å². The van der Waals surface area contributed by atoms with Gasteiger partial charge < -0.3 is 15.6 Å². The van der Waals surface area contributed by atoms with Crippen LogP contribution in [0.25, 0.3) is 10.7 Å². The van der Waals surface area contributed by atoms with Crippen molar-refractivity contribution >= 4 is 29.7 Å². The predicted molar refractivity (Wildman–Crippen MR) is 101 cm³/mol. The van der Waals surface area contributed by atoms with Crippen LogP contribution in [0.4, 0.5) is 0 Å². The molecule has 138 valence electrons. The van der Waals surface area contributed by atoms with Crippen molar-refractivity contribution in [2.24, 2.45) is 11.7 Å². The van der Waals surface area contributed by atoms with E-state index in [0.29, 0.717) is 37.0 Å². The Morgan fingerprint density at radius 1 is 1.40 bits per heavy atom. The summed E-state index contributed by atoms with van der Waals surface area (Å²) in [5, 5.41) is 9.02. The molecule has 2 heterocycles. The summed E-state index contributed by atoms with van der Waals surface area (Å²) < 4.78 is 5.23. The van der Waals surface area contributed by atoms with E-state index in [1.54, 1.807) is 11.3 Å². The summed E-state index contributed by atoms with van der Waals surface area (Å²) >= 11 is 1.56. The summed E-state index contributed by atoms with van der Waals surface area (Å²) in [6.07, 6.45) is 6.90. The summed E-state index contributed by atoms with van der Waals surface area (Å²) in [5.74, 6) is 1.60. The van der Waals surface area contributed by atoms with Crippen LogP contribution < -0.4 is 11.1 Å². The lowest BCUT2D eigenvalue weighted by atomic mass is 9.84. The summed E-state index contributed by atoms with van der Waals surface area (Å²) in [7, 11) is 0. The number of aryl methyl sites for hydroxylation is 1. The number of hydrogen-bond acceptors (Lipinski definition) is 6. The molecule has 0 saturated heterocycles. The monoisotopic (exact) mass is 384 g/mol. The number of nitrogens with two attached hydrogens (primary N) is 1. The third-order valence-electron chi connectivity index (χ3n) is 4.59. The summed E-state index contributed by atoms with van der Waals surface area (Å²) in [6.45, 7) is 0.499. The van der Waals surface area contributed by atoms with Gasteiger partial charge in [0.1, 0.15) is 0 Å². The molecule has 25 heavy (non-hydrogen) atoms. The zero-order chi connectivity index (χ0) is 16.8. The lowest BCUT2D eigenvalue weighted by molar-refractivity contribution is -0.122. The Hall–Kier alpha value is -1.44. The van der Waals surface area contributed by atoms with Gasteiger partial charge in [0, 0.05) is 25.4 Å². The Morgan fingerprint density at radius 2 is 2.20 bits per heavy atom. The van der Waals surface area contributed by atoms with E-state index in [-0.39, 0.29) is 24.4 Å². The zero-order valence-corrected chi connectivity index (χ0v) is 15.8. The van der Waals surface area contributed by atoms with Crippen molar-refractivity contribution in [1.29, 1.82) is 0 Å². The molecule has 3 N–H and O–H groups in total. The lowest BCUT2D eigenvalue weighted by Crippen LogP contribution is -2.46. The first-order valence-corrected chi connectivity index (χ1v) is 9.50. The minimum absolute atomic E-state index is 0. The normalized spacial score (nSPS) is 16.2. The molecule has 2 aromatic heterocycles. The topological polar surface area (TPSA) is 94.0 Å². The number of nitrogens with one attached hydrogen (secondary N) is 1. The average Bonchev–Trinajstić information content (AvgIpc) is 3.29. The van der Waals surface area contributed by atoms with Gasteiger partial charge in [-0.1, -0.05) is 30.5 Å². The number of carbonyl (C=O) groups is 1. The van der Waals surface area contributed by atoms with Crippen LogP contribution in [-0.4, -0.2) is 28.6 Å². The fourth-order valence-electron chi connectivity index (χ4n) is 3.27. The van der Waals surface area contributed by atoms with Gasteiger partial charge in [0.2, 0.25) is 17.6 Å². The van der Waals surface area contributed by atoms with Crippen molar-refractivity contribution < 1.29 is 9.32 Å². The molecule has 0 aromatic carbocycles. The van der Waals surface area contributed by atoms with Crippen molar-refractivity contribution in [1.82, 2.24) is 15.5 Å². The molecule has 0 radical (unpaired) electrons. The van der Waals surface area contributed by atoms with Crippen LogP contribution in [0.15, 0.2) is 22.0 Å². The van der Waals surface area contributed by atoms with E-state index < -0.39 is 0 Å². The van der Waals surface area contributed by atoms with Crippen molar-refractivity contribution in [2.75, 3.05) is 6.54 Å². The van der Waals surface area contributed by atoms with Crippen LogP contribution in [0.5, 0.6) is 0 Å². The number of hydrogen-bond donors (Lipinski definition) is 2. The molecular formula is C17H25ClN4O2S. The molecule has 1 saturated carbocycles. The van der Waals surface area contributed by atoms with Crippen LogP contribution in [0.1, 0.15) is 44.4 Å². The number of carbonyl (C=O) groups excluding carboxylic acids is 1. The SMILES string of the molecule is Cl.NCC(NC(=O)CCc1nc(-c2cccs2)no1)C1CCCCC1. The molecule has 1 fully saturated rings. The smallest absolute Gasteiger partial charge is 0.227 e. The number of amides is 1. The van der Waals surface area contributed by atoms with Gasteiger partial charge in [-0.3, -0.25) is 4.79 Å². The second kappa shape index (κ2) is 9.89. The largest absolute Gasteiger partial charge is 0.352 e. The molecule has 1 aliphatic rings. The number of nitrogens with zero attached hydrogens (tertiary/aromatic N) is 2. The molecule has 0 bridgehead atoms. The zero-order valence-electron chi connectivity index (χ0n) is 14.1. The van der Waals surface area contributed by atoms with E-state index in [9.17, 15) is 4.79 Å². The third-order valence-corrected chi connectivity index (χ3v) is 5.46. The quantitative estimate of drug-likeness (QED) is 0.764. The second-order valence-corrected chi connectivity index (χ2v) is 7.24. The maximum absolute atomic E-state index is 12.2. The molecule has 1 amide bonds. The Morgan fingerprint density at radius 3 is 2.88 bits per heavy atom. The molecule has 2 aromatic rings. The Kier molecular flexibility index (Phi) is 7.87. The number of halogens is 1. The highest BCUT2D eigenvalue weighted by Crippen LogP contribution is 2.26. The van der Waals surface area contributed by atoms with Gasteiger partial charge in [-0.25, -0.2) is 0 Å². The van der Waals surface area contributed by atoms with E-state index in [1.807, 2.05) is 17.5 Å². The van der Waals surface area contributed by atoms with Gasteiger partial charge in [0.05, 0.1) is 4.88 Å². The third kappa shape index (κ3) is 5.52. The van der Waals surface area contributed by atoms with E-state index in [1.165, 1.54) is 19.3 Å². The van der Waals surface area contributed by atoms with Gasteiger partial charge in [-0.2, -0.15) is 4.98 Å². The Labute approximate surface area is 158 Å². The average molecular weight is 385 g/mol. The molecule has 6 nitrogen and oxygen atoms in total. The van der Waals surface area contributed by atoms with Gasteiger partial charge in [-0.05, 0) is 30.2 Å². The lowest BCUT2D eigenvalue weighted by Gasteiger charge is -2.30. The van der Waals surface area contributed by atoms with Crippen LogP contribution >= 0.6 is 23.7 Å². The van der Waals surface area contributed by atoms with Gasteiger partial charge in [0.25, 0.3) is 0 Å². The standard InChI is InChI=1S/C17H24N4O2S.ClH/c18-11-13(12-5-2-1-3-6-12)19-15(22)8-9-16-20-17(21-23-16)14-7-4-10-24-14;/h4,7,10,12-13H,1-3,5-6,8-9,11,18H2,(H,19,22);1H. The fraction of sp³-hybridized carbons (Fsp3) is 0.588. The second-order valence-electron chi connectivity index (χ2n) is 6.30. The highest BCUT2D eigenvalue weighted by Gasteiger charge is 2.24. The molecule has 0 aliphatic heterocycles. The molecular weight excluding hydrogens is 360 g/mol. The molecule has 1 atom stereocenters. The molecule has 8 heteroatoms. The van der Waals surface area contributed by atoms with Crippen LogP contribution in [0, 0.1) is 5.92 Å². The van der Waals surface area contributed by atoms with E-state index >= 15 is 0 Å². The molecule has 0 spiro atoms. The minimum atomic E-state index is 0. The highest BCUT2D eigenvalue weighted by molar-refractivity contribution is 7.13. The number of thiophene rings is 1.